The van der Waals surface area contributed by atoms with Gasteiger partial charge in [0.2, 0.25) is 0 Å². The van der Waals surface area contributed by atoms with Crippen LogP contribution in [0.25, 0.3) is 5.57 Å². The van der Waals surface area contributed by atoms with Gasteiger partial charge in [0.25, 0.3) is 0 Å². The van der Waals surface area contributed by atoms with E-state index < -0.39 is 5.97 Å². The highest BCUT2D eigenvalue weighted by molar-refractivity contribution is 5.85. The first-order chi connectivity index (χ1) is 7.49. The van der Waals surface area contributed by atoms with Gasteiger partial charge in [-0.3, -0.25) is 4.98 Å². The molecule has 0 aliphatic carbocycles. The van der Waals surface area contributed by atoms with Gasteiger partial charge in [0, 0.05) is 11.8 Å². The van der Waals surface area contributed by atoms with Crippen LogP contribution in [0.5, 0.6) is 0 Å². The molecule has 0 aromatic carbocycles. The van der Waals surface area contributed by atoms with Gasteiger partial charge in [-0.25, -0.2) is 4.79 Å². The van der Waals surface area contributed by atoms with E-state index in [0.29, 0.717) is 6.42 Å². The predicted molar refractivity (Wildman–Crippen MR) is 66.0 cm³/mol. The minimum atomic E-state index is -0.900. The monoisotopic (exact) mass is 219 g/mol. The fourth-order valence-electron chi connectivity index (χ4n) is 0.766. The van der Waals surface area contributed by atoms with Crippen molar-refractivity contribution in [3.8, 4) is 0 Å². The Balaban J connectivity index is 0.000000293. The van der Waals surface area contributed by atoms with Crippen molar-refractivity contribution in [1.29, 1.82) is 0 Å². The number of aromatic nitrogens is 1. The number of carboxylic acids is 1. The predicted octanol–water partition coefficient (Wildman–Crippen LogP) is 3.15. The lowest BCUT2D eigenvalue weighted by Gasteiger charge is -1.93. The van der Waals surface area contributed by atoms with Crippen molar-refractivity contribution in [2.75, 3.05) is 0 Å². The van der Waals surface area contributed by atoms with E-state index in [1.807, 2.05) is 25.1 Å². The van der Waals surface area contributed by atoms with Gasteiger partial charge in [-0.05, 0) is 31.1 Å². The van der Waals surface area contributed by atoms with E-state index in [-0.39, 0.29) is 5.57 Å². The lowest BCUT2D eigenvalue weighted by molar-refractivity contribution is -0.132. The molecule has 1 rings (SSSR count). The normalized spacial score (nSPS) is 8.62. The van der Waals surface area contributed by atoms with Gasteiger partial charge in [-0.2, -0.15) is 0 Å². The summed E-state index contributed by atoms with van der Waals surface area (Å²) >= 11 is 0. The van der Waals surface area contributed by atoms with Crippen LogP contribution in [0.4, 0.5) is 0 Å². The Morgan fingerprint density at radius 3 is 2.25 bits per heavy atom. The molecular weight excluding hydrogens is 202 g/mol. The van der Waals surface area contributed by atoms with Crippen LogP contribution in [0.1, 0.15) is 26.0 Å². The summed E-state index contributed by atoms with van der Waals surface area (Å²) in [5.41, 5.74) is 2.24. The summed E-state index contributed by atoms with van der Waals surface area (Å²) in [6, 6.07) is 5.80. The molecular formula is C13H17NO2. The molecule has 0 saturated heterocycles. The average Bonchev–Trinajstić information content (AvgIpc) is 2.29. The Hall–Kier alpha value is -1.90. The number of pyridine rings is 1. The molecule has 0 saturated carbocycles. The van der Waals surface area contributed by atoms with Crippen molar-refractivity contribution in [3.05, 3.63) is 48.8 Å². The number of nitrogens with zero attached hydrogens (tertiary/aromatic N) is 1. The second-order valence-electron chi connectivity index (χ2n) is 3.26. The zero-order valence-corrected chi connectivity index (χ0v) is 9.73. The van der Waals surface area contributed by atoms with Gasteiger partial charge in [0.05, 0.1) is 5.69 Å². The lowest BCUT2D eigenvalue weighted by Crippen LogP contribution is -1.95. The first-order valence-electron chi connectivity index (χ1n) is 4.97. The quantitative estimate of drug-likeness (QED) is 0.794. The number of rotatable bonds is 3. The Morgan fingerprint density at radius 1 is 1.44 bits per heavy atom. The van der Waals surface area contributed by atoms with Crippen molar-refractivity contribution in [2.45, 2.75) is 20.3 Å². The molecule has 0 bridgehead atoms. The summed E-state index contributed by atoms with van der Waals surface area (Å²) in [5, 5.41) is 8.08. The number of hydrogen-bond donors (Lipinski definition) is 1. The minimum Gasteiger partial charge on any atom is -0.478 e. The standard InChI is InChI=1S/C8H9N.C5H8O2/c1-7(2)8-5-3-4-6-9-8;1-3-4(2)5(6)7/h3-6H,1H2,2H3;2-3H2,1H3,(H,6,7). The highest BCUT2D eigenvalue weighted by Gasteiger charge is 1.96. The van der Waals surface area contributed by atoms with Crippen molar-refractivity contribution in [1.82, 2.24) is 4.98 Å². The van der Waals surface area contributed by atoms with E-state index in [0.717, 1.165) is 11.3 Å². The Bertz CT molecular complexity index is 369. The molecule has 3 nitrogen and oxygen atoms in total. The third-order valence-corrected chi connectivity index (χ3v) is 1.83. The topological polar surface area (TPSA) is 50.2 Å². The van der Waals surface area contributed by atoms with Crippen LogP contribution in [0.15, 0.2) is 43.1 Å². The molecule has 0 atom stereocenters. The van der Waals surface area contributed by atoms with Crippen LogP contribution in [0, 0.1) is 0 Å². The molecule has 0 aliphatic rings. The van der Waals surface area contributed by atoms with E-state index in [9.17, 15) is 4.79 Å². The number of carbonyl (C=O) groups is 1. The van der Waals surface area contributed by atoms with Gasteiger partial charge < -0.3 is 5.11 Å². The van der Waals surface area contributed by atoms with E-state index >= 15 is 0 Å². The Labute approximate surface area is 96.2 Å². The van der Waals surface area contributed by atoms with Crippen LogP contribution in [-0.2, 0) is 4.79 Å². The highest BCUT2D eigenvalue weighted by atomic mass is 16.4. The first kappa shape index (κ1) is 14.1. The number of carboxylic acid groups (broad SMARTS) is 1. The summed E-state index contributed by atoms with van der Waals surface area (Å²) in [4.78, 5) is 13.9. The maximum absolute atomic E-state index is 9.83. The second kappa shape index (κ2) is 7.40. The molecule has 0 amide bonds. The van der Waals surface area contributed by atoms with Crippen molar-refractivity contribution in [2.24, 2.45) is 0 Å². The van der Waals surface area contributed by atoms with Crippen molar-refractivity contribution >= 4 is 11.5 Å². The molecule has 0 radical (unpaired) electrons. The smallest absolute Gasteiger partial charge is 0.330 e. The van der Waals surface area contributed by atoms with Gasteiger partial charge in [0.15, 0.2) is 0 Å². The molecule has 16 heavy (non-hydrogen) atoms. The number of allylic oxidation sites excluding steroid dienone is 1. The van der Waals surface area contributed by atoms with Crippen LogP contribution in [0.2, 0.25) is 0 Å². The van der Waals surface area contributed by atoms with Crippen LogP contribution in [0.3, 0.4) is 0 Å². The van der Waals surface area contributed by atoms with Crippen LogP contribution >= 0.6 is 0 Å². The summed E-state index contributed by atoms with van der Waals surface area (Å²) in [5.74, 6) is -0.900. The van der Waals surface area contributed by atoms with Crippen molar-refractivity contribution in [3.63, 3.8) is 0 Å². The molecule has 86 valence electrons. The number of aliphatic carboxylic acids is 1. The molecule has 3 heteroatoms. The zero-order chi connectivity index (χ0) is 12.6. The number of hydrogen-bond acceptors (Lipinski definition) is 2. The van der Waals surface area contributed by atoms with E-state index in [2.05, 4.69) is 18.1 Å². The fraction of sp³-hybridized carbons (Fsp3) is 0.231. The summed E-state index contributed by atoms with van der Waals surface area (Å²) < 4.78 is 0. The Kier molecular flexibility index (Phi) is 6.52. The molecule has 1 aromatic rings. The minimum absolute atomic E-state index is 0.264. The third-order valence-electron chi connectivity index (χ3n) is 1.83. The van der Waals surface area contributed by atoms with Gasteiger partial charge in [-0.1, -0.05) is 26.1 Å². The molecule has 0 unspecified atom stereocenters. The first-order valence-corrected chi connectivity index (χ1v) is 4.97. The molecule has 1 N–H and O–H groups in total. The van der Waals surface area contributed by atoms with Gasteiger partial charge >= 0.3 is 5.97 Å². The molecule has 0 aliphatic heterocycles. The molecule has 1 heterocycles. The maximum Gasteiger partial charge on any atom is 0.330 e. The van der Waals surface area contributed by atoms with Crippen LogP contribution < -0.4 is 0 Å². The highest BCUT2D eigenvalue weighted by Crippen LogP contribution is 2.04. The van der Waals surface area contributed by atoms with Gasteiger partial charge in [0.1, 0.15) is 0 Å². The average molecular weight is 219 g/mol. The Morgan fingerprint density at radius 2 is 2.06 bits per heavy atom. The van der Waals surface area contributed by atoms with E-state index in [1.165, 1.54) is 0 Å². The molecule has 0 spiro atoms. The third kappa shape index (κ3) is 5.75. The second-order valence-corrected chi connectivity index (χ2v) is 3.26. The lowest BCUT2D eigenvalue weighted by atomic mass is 10.2. The SMILES string of the molecule is C=C(C)c1ccccn1.C=C(CC)C(=O)O. The van der Waals surface area contributed by atoms with Crippen LogP contribution in [-0.4, -0.2) is 16.1 Å². The molecule has 0 fully saturated rings. The van der Waals surface area contributed by atoms with E-state index in [4.69, 9.17) is 5.11 Å². The summed E-state index contributed by atoms with van der Waals surface area (Å²) in [6.07, 6.45) is 2.29. The van der Waals surface area contributed by atoms with Crippen molar-refractivity contribution < 1.29 is 9.90 Å². The maximum atomic E-state index is 9.83. The molecule has 1 aromatic heterocycles. The zero-order valence-electron chi connectivity index (χ0n) is 9.73. The summed E-state index contributed by atoms with van der Waals surface area (Å²) in [6.45, 7) is 10.7. The van der Waals surface area contributed by atoms with E-state index in [1.54, 1.807) is 13.1 Å². The summed E-state index contributed by atoms with van der Waals surface area (Å²) in [7, 11) is 0. The fourth-order valence-corrected chi connectivity index (χ4v) is 0.766. The van der Waals surface area contributed by atoms with Gasteiger partial charge in [-0.15, -0.1) is 0 Å². The largest absolute Gasteiger partial charge is 0.478 e.